The van der Waals surface area contributed by atoms with E-state index in [2.05, 4.69) is 158 Å². The molecule has 20 nitrogen and oxygen atoms in total. The Morgan fingerprint density at radius 3 is 0.637 bits per heavy atom. The quantitative estimate of drug-likeness (QED) is 0.0489. The minimum atomic E-state index is -0.770. The minimum absolute atomic E-state index is 0. The Kier molecular flexibility index (Phi) is 190. The highest BCUT2D eigenvalue weighted by Crippen LogP contribution is 2.27. The maximum atomic E-state index is 6.32. The van der Waals surface area contributed by atoms with Crippen LogP contribution < -0.4 is 14.2 Å². The van der Waals surface area contributed by atoms with Gasteiger partial charge < -0.3 is 94.7 Å². The molecule has 0 N–H and O–H groups in total. The molecule has 0 radical (unpaired) electrons. The molecule has 0 saturated heterocycles. The van der Waals surface area contributed by atoms with Crippen molar-refractivity contribution in [3.05, 3.63) is 89.0 Å². The Balaban J connectivity index is -0.0000000514. The van der Waals surface area contributed by atoms with E-state index < -0.39 is 11.2 Å². The predicted molar refractivity (Wildman–Crippen MR) is 509 cm³/mol. The first-order valence-corrected chi connectivity index (χ1v) is 40.6. The van der Waals surface area contributed by atoms with Crippen molar-refractivity contribution < 1.29 is 94.7 Å². The number of hydrogen-bond acceptors (Lipinski definition) is 23. The van der Waals surface area contributed by atoms with Crippen LogP contribution in [0.1, 0.15) is 183 Å². The molecule has 3 aromatic rings. The first-order chi connectivity index (χ1) is 50.4. The van der Waals surface area contributed by atoms with Gasteiger partial charge in [-0.25, -0.2) is 0 Å². The third-order valence-electron chi connectivity index (χ3n) is 11.7. The van der Waals surface area contributed by atoms with Crippen molar-refractivity contribution in [2.45, 2.75) is 199 Å². The van der Waals surface area contributed by atoms with E-state index >= 15 is 0 Å². The van der Waals surface area contributed by atoms with Crippen LogP contribution in [0.15, 0.2) is 66.7 Å². The summed E-state index contributed by atoms with van der Waals surface area (Å²) in [4.78, 5) is 0. The number of benzene rings is 3. The van der Waals surface area contributed by atoms with Crippen molar-refractivity contribution in [1.29, 1.82) is 0 Å². The van der Waals surface area contributed by atoms with Gasteiger partial charge in [-0.05, 0) is 80.8 Å². The molecule has 0 aliphatic carbocycles. The van der Waals surface area contributed by atoms with E-state index in [0.29, 0.717) is 105 Å². The van der Waals surface area contributed by atoms with Crippen LogP contribution in [0.5, 0.6) is 17.2 Å². The van der Waals surface area contributed by atoms with Gasteiger partial charge >= 0.3 is 0 Å². The molecule has 0 spiro atoms. The summed E-state index contributed by atoms with van der Waals surface area (Å²) in [6, 6.07) is 22.7. The Morgan fingerprint density at radius 1 is 0.301 bits per heavy atom. The summed E-state index contributed by atoms with van der Waals surface area (Å²) in [5.41, 5.74) is 3.79. The first-order valence-electron chi connectivity index (χ1n) is 36.1. The fraction of sp³-hybridized carbons (Fsp3) is 0.800. The molecule has 23 heteroatoms. The van der Waals surface area contributed by atoms with Crippen LogP contribution in [-0.2, 0) is 93.4 Å². The van der Waals surface area contributed by atoms with Gasteiger partial charge in [0.1, 0.15) is 28.5 Å². The number of ether oxygens (including phenoxy) is 20. The van der Waals surface area contributed by atoms with Gasteiger partial charge in [0, 0.05) is 145 Å². The third-order valence-corrected chi connectivity index (χ3v) is 13.1. The number of thioether (sulfide) groups is 3. The highest BCUT2D eigenvalue weighted by Gasteiger charge is 2.43. The molecule has 0 amide bonds. The van der Waals surface area contributed by atoms with Crippen LogP contribution in [0.25, 0.3) is 0 Å². The number of aryl methyl sites for hydroxylation is 4. The summed E-state index contributed by atoms with van der Waals surface area (Å²) in [6.07, 6.45) is 17.0. The predicted octanol–water partition coefficient (Wildman–Crippen LogP) is 22.7. The number of rotatable bonds is 40. The van der Waals surface area contributed by atoms with Crippen LogP contribution in [-0.4, -0.2) is 289 Å². The van der Waals surface area contributed by atoms with Crippen molar-refractivity contribution in [3.63, 3.8) is 0 Å². The average molecular weight is 1700 g/mol. The molecule has 0 aliphatic heterocycles. The molecule has 0 unspecified atom stereocenters. The second-order valence-corrected chi connectivity index (χ2v) is 26.2. The van der Waals surface area contributed by atoms with Gasteiger partial charge in [-0.15, -0.1) is 0 Å². The second kappa shape index (κ2) is 136. The summed E-state index contributed by atoms with van der Waals surface area (Å²) < 4.78 is 102. The van der Waals surface area contributed by atoms with E-state index in [-0.39, 0.29) is 64.8 Å². The van der Waals surface area contributed by atoms with E-state index in [1.807, 2.05) is 36.0 Å². The Bertz CT molecular complexity index is 1710. The van der Waals surface area contributed by atoms with Crippen LogP contribution in [0.3, 0.4) is 0 Å². The maximum Gasteiger partial charge on any atom is 0.139 e. The van der Waals surface area contributed by atoms with Crippen molar-refractivity contribution in [3.8, 4) is 17.2 Å². The van der Waals surface area contributed by atoms with Crippen LogP contribution in [0, 0.1) is 25.2 Å². The molecular formula is C90H200O20S3. The van der Waals surface area contributed by atoms with Crippen molar-refractivity contribution in [2.24, 2.45) is 11.3 Å². The zero-order valence-electron chi connectivity index (χ0n) is 74.3. The smallest absolute Gasteiger partial charge is 0.139 e. The molecular weight excluding hydrogens is 1500 g/mol. The molecule has 0 atom stereocenters. The van der Waals surface area contributed by atoms with E-state index in [4.69, 9.17) is 80.5 Å². The summed E-state index contributed by atoms with van der Waals surface area (Å²) in [5.74, 6) is 5.19. The van der Waals surface area contributed by atoms with Gasteiger partial charge in [0.15, 0.2) is 0 Å². The van der Waals surface area contributed by atoms with Crippen molar-refractivity contribution >= 4 is 35.3 Å². The second-order valence-electron chi connectivity index (χ2n) is 23.4. The summed E-state index contributed by atoms with van der Waals surface area (Å²) in [6.45, 7) is 33.2. The van der Waals surface area contributed by atoms with Gasteiger partial charge in [0.05, 0.1) is 126 Å². The molecule has 698 valence electrons. The Morgan fingerprint density at radius 2 is 0.496 bits per heavy atom. The largest absolute Gasteiger partial charge is 0.496 e. The molecule has 0 aromatic heterocycles. The topological polar surface area (TPSA) is 185 Å². The molecule has 3 aromatic carbocycles. The van der Waals surface area contributed by atoms with E-state index in [1.165, 1.54) is 65.9 Å². The van der Waals surface area contributed by atoms with Crippen LogP contribution in [0.2, 0.25) is 0 Å². The van der Waals surface area contributed by atoms with Crippen LogP contribution in [0.4, 0.5) is 0 Å². The molecule has 3 rings (SSSR count). The lowest BCUT2D eigenvalue weighted by Gasteiger charge is -2.42. The molecule has 0 saturated carbocycles. The summed E-state index contributed by atoms with van der Waals surface area (Å²) in [5, 5.41) is 0. The summed E-state index contributed by atoms with van der Waals surface area (Å²) >= 11 is 5.61. The molecule has 0 heterocycles. The number of methoxy groups -OCH3 is 19. The Hall–Kier alpha value is -2.57. The van der Waals surface area contributed by atoms with Crippen molar-refractivity contribution in [1.82, 2.24) is 0 Å². The summed E-state index contributed by atoms with van der Waals surface area (Å²) in [7, 11) is 32.7. The van der Waals surface area contributed by atoms with Gasteiger partial charge in [0.25, 0.3) is 0 Å². The number of hydrogen-bond donors (Lipinski definition) is 0. The van der Waals surface area contributed by atoms with E-state index in [1.54, 1.807) is 172 Å². The first kappa shape index (κ1) is 158. The lowest BCUT2D eigenvalue weighted by Crippen LogP contribution is -2.58. The van der Waals surface area contributed by atoms with Crippen molar-refractivity contribution in [2.75, 3.05) is 278 Å². The molecule has 0 aliphatic rings. The highest BCUT2D eigenvalue weighted by atomic mass is 32.2. The lowest BCUT2D eigenvalue weighted by molar-refractivity contribution is -0.252. The zero-order chi connectivity index (χ0) is 83.1. The fourth-order valence-electron chi connectivity index (χ4n) is 7.85. The van der Waals surface area contributed by atoms with Gasteiger partial charge in [-0.1, -0.05) is 214 Å². The minimum Gasteiger partial charge on any atom is -0.496 e. The normalized spacial score (nSPS) is 9.25. The third kappa shape index (κ3) is 123. The van der Waals surface area contributed by atoms with E-state index in [0.717, 1.165) is 30.1 Å². The monoisotopic (exact) mass is 1700 g/mol. The standard InChI is InChI=1S/C14H30O7.C10H14.C9H20O4.C9H12O3.C8H10.C7H16O3.C5H12S2.C4H10O2.4C3H8.C2H6O.C2H6S.8CH4/c1-15-7-13(8-16-2,9-17-3)21-14(10-18-4,11-19-5)12-20-6;1-3-9-5-7-10(4-2)8-6-9;1-10-5-9(6-11-2,7-12-3)8-13-4;1-10-7-4-8(11-2)6-9(5-7)12-3;1-7-3-5-8(2)6-4-7;1-8-4-7(5-9-2)6-10-3;1-6-4-3-5-7-2;1-5-3-4-6-2;6*1-3-2;;;;;;;;/h7-12H2,1-6H3;5-8H,3-4H2,1-2H3;5-8H2,1-4H3;4-6H,1-3H3;3-6H,1-2H3;7H,4-6H2,1-3H3;3-5H2,1-2H3;3-4H2,1-2H3;4*3H2,1-2H3;2*1-2H3;8*1H4. The molecule has 0 fully saturated rings. The van der Waals surface area contributed by atoms with Gasteiger partial charge in [0.2, 0.25) is 0 Å². The van der Waals surface area contributed by atoms with E-state index in [9.17, 15) is 0 Å². The zero-order valence-corrected chi connectivity index (χ0v) is 76.7. The van der Waals surface area contributed by atoms with Gasteiger partial charge in [-0.3, -0.25) is 0 Å². The maximum absolute atomic E-state index is 6.32. The van der Waals surface area contributed by atoms with Gasteiger partial charge in [-0.2, -0.15) is 35.3 Å². The fourth-order valence-corrected chi connectivity index (χ4v) is 8.90. The Labute approximate surface area is 720 Å². The molecule has 113 heavy (non-hydrogen) atoms. The molecule has 0 bridgehead atoms. The van der Waals surface area contributed by atoms with Crippen LogP contribution >= 0.6 is 35.3 Å². The SMILES string of the molecule is C.C.C.C.C.C.C.C.CCC.CCC.CCC.CCC.CCc1ccc(CC)cc1.COC.COCC(COC)(COC)COC.COCC(COC)(COC)OC(COC)(COC)COC.COCC(COC)COC.COCCOC.COc1cc(OC)cc(OC)c1.CSC.CSCCCSC.Cc1ccc(C)cc1. The average Bonchev–Trinajstić information content (AvgIpc) is 0.815. The lowest BCUT2D eigenvalue weighted by atomic mass is 9.92. The highest BCUT2D eigenvalue weighted by molar-refractivity contribution is 7.99.